The Kier molecular flexibility index (Phi) is 1.77. The van der Waals surface area contributed by atoms with Crippen molar-refractivity contribution in [2.24, 2.45) is 0 Å². The fourth-order valence-electron chi connectivity index (χ4n) is 2.09. The van der Waals surface area contributed by atoms with Crippen LogP contribution in [0.4, 0.5) is 4.39 Å². The van der Waals surface area contributed by atoms with Crippen LogP contribution in [-0.4, -0.2) is 0 Å². The first-order valence-electron chi connectivity index (χ1n) is 4.64. The molecule has 1 aliphatic heterocycles. The van der Waals surface area contributed by atoms with Crippen LogP contribution in [0, 0.1) is 0 Å². The normalized spacial score (nSPS) is 23.6. The van der Waals surface area contributed by atoms with Gasteiger partial charge in [0.2, 0.25) is 0 Å². The van der Waals surface area contributed by atoms with Crippen LogP contribution in [0.15, 0.2) is 47.1 Å². The van der Waals surface area contributed by atoms with Crippen molar-refractivity contribution >= 4 is 11.8 Å². The highest BCUT2D eigenvalue weighted by atomic mass is 32.2. The largest absolute Gasteiger partial charge is 0.206 e. The average Bonchev–Trinajstić information content (AvgIpc) is 2.54. The standard InChI is InChI=1S/C12H9FS/c13-10-6-9-5-8-3-1-2-4-11(8)12(9)14-7-10/h1-4,6-7,12H,5H2. The zero-order valence-electron chi connectivity index (χ0n) is 7.53. The Morgan fingerprint density at radius 3 is 3.07 bits per heavy atom. The third kappa shape index (κ3) is 1.14. The third-order valence-electron chi connectivity index (χ3n) is 2.71. The topological polar surface area (TPSA) is 0 Å². The molecule has 0 aromatic heterocycles. The van der Waals surface area contributed by atoms with E-state index in [1.54, 1.807) is 23.2 Å². The van der Waals surface area contributed by atoms with Crippen LogP contribution in [0.2, 0.25) is 0 Å². The van der Waals surface area contributed by atoms with Crippen molar-refractivity contribution in [1.82, 2.24) is 0 Å². The third-order valence-corrected chi connectivity index (χ3v) is 3.90. The van der Waals surface area contributed by atoms with Gasteiger partial charge in [-0.1, -0.05) is 24.3 Å². The highest BCUT2D eigenvalue weighted by Crippen LogP contribution is 2.48. The Labute approximate surface area is 86.5 Å². The lowest BCUT2D eigenvalue weighted by Gasteiger charge is -2.14. The number of thioether (sulfide) groups is 1. The molecule has 1 unspecified atom stereocenters. The molecule has 1 atom stereocenters. The molecule has 0 spiro atoms. The summed E-state index contributed by atoms with van der Waals surface area (Å²) in [4.78, 5) is 0. The Balaban J connectivity index is 2.09. The molecule has 1 heterocycles. The predicted molar refractivity (Wildman–Crippen MR) is 57.8 cm³/mol. The molecule has 3 rings (SSSR count). The molecule has 0 bridgehead atoms. The smallest absolute Gasteiger partial charge is 0.129 e. The summed E-state index contributed by atoms with van der Waals surface area (Å²) in [6.45, 7) is 0. The van der Waals surface area contributed by atoms with Crippen LogP contribution in [0.5, 0.6) is 0 Å². The molecule has 14 heavy (non-hydrogen) atoms. The lowest BCUT2D eigenvalue weighted by atomic mass is 10.1. The maximum absolute atomic E-state index is 13.0. The fourth-order valence-corrected chi connectivity index (χ4v) is 3.13. The van der Waals surface area contributed by atoms with Crippen LogP contribution < -0.4 is 0 Å². The predicted octanol–water partition coefficient (Wildman–Crippen LogP) is 3.77. The molecule has 0 N–H and O–H groups in total. The van der Waals surface area contributed by atoms with Gasteiger partial charge in [-0.25, -0.2) is 4.39 Å². The van der Waals surface area contributed by atoms with Gasteiger partial charge >= 0.3 is 0 Å². The minimum atomic E-state index is -0.103. The van der Waals surface area contributed by atoms with E-state index in [1.165, 1.54) is 16.7 Å². The number of benzene rings is 1. The van der Waals surface area contributed by atoms with Gasteiger partial charge in [0.15, 0.2) is 0 Å². The molecule has 2 aliphatic rings. The van der Waals surface area contributed by atoms with E-state index < -0.39 is 0 Å². The first-order chi connectivity index (χ1) is 6.84. The van der Waals surface area contributed by atoms with Crippen LogP contribution in [0.25, 0.3) is 0 Å². The summed E-state index contributed by atoms with van der Waals surface area (Å²) >= 11 is 1.58. The summed E-state index contributed by atoms with van der Waals surface area (Å²) in [6, 6.07) is 8.38. The second-order valence-electron chi connectivity index (χ2n) is 3.61. The van der Waals surface area contributed by atoms with Crippen molar-refractivity contribution in [2.45, 2.75) is 11.7 Å². The van der Waals surface area contributed by atoms with E-state index in [4.69, 9.17) is 0 Å². The van der Waals surface area contributed by atoms with Crippen LogP contribution in [-0.2, 0) is 6.42 Å². The number of halogens is 1. The summed E-state index contributed by atoms with van der Waals surface area (Å²) in [5.74, 6) is -0.103. The van der Waals surface area contributed by atoms with E-state index in [0.717, 1.165) is 6.42 Å². The van der Waals surface area contributed by atoms with Crippen molar-refractivity contribution in [2.75, 3.05) is 0 Å². The Morgan fingerprint density at radius 1 is 1.29 bits per heavy atom. The highest BCUT2D eigenvalue weighted by molar-refractivity contribution is 8.02. The van der Waals surface area contributed by atoms with E-state index in [-0.39, 0.29) is 5.83 Å². The zero-order valence-corrected chi connectivity index (χ0v) is 8.35. The average molecular weight is 204 g/mol. The number of allylic oxidation sites excluding steroid dienone is 2. The fraction of sp³-hybridized carbons (Fsp3) is 0.167. The van der Waals surface area contributed by atoms with Crippen molar-refractivity contribution in [3.63, 3.8) is 0 Å². The molecule has 1 aromatic rings. The van der Waals surface area contributed by atoms with Crippen molar-refractivity contribution in [3.05, 3.63) is 58.3 Å². The van der Waals surface area contributed by atoms with E-state index in [1.807, 2.05) is 6.07 Å². The first kappa shape index (κ1) is 8.30. The SMILES string of the molecule is FC1=CSC2C(=C1)Cc1ccccc12. The lowest BCUT2D eigenvalue weighted by Crippen LogP contribution is -1.93. The first-order valence-corrected chi connectivity index (χ1v) is 5.58. The van der Waals surface area contributed by atoms with Gasteiger partial charge in [0.1, 0.15) is 5.83 Å². The van der Waals surface area contributed by atoms with Gasteiger partial charge in [-0.2, -0.15) is 0 Å². The number of rotatable bonds is 0. The Bertz CT molecular complexity index is 445. The van der Waals surface area contributed by atoms with Crippen LogP contribution >= 0.6 is 11.8 Å². The monoisotopic (exact) mass is 204 g/mol. The van der Waals surface area contributed by atoms with Gasteiger partial charge in [0.05, 0.1) is 5.25 Å². The summed E-state index contributed by atoms with van der Waals surface area (Å²) in [5.41, 5.74) is 3.91. The Morgan fingerprint density at radius 2 is 2.14 bits per heavy atom. The molecule has 0 fully saturated rings. The van der Waals surface area contributed by atoms with Crippen molar-refractivity contribution < 1.29 is 4.39 Å². The summed E-state index contributed by atoms with van der Waals surface area (Å²) in [5, 5.41) is 1.97. The summed E-state index contributed by atoms with van der Waals surface area (Å²) < 4.78 is 13.0. The number of hydrogen-bond acceptors (Lipinski definition) is 1. The second-order valence-corrected chi connectivity index (χ2v) is 4.59. The number of hydrogen-bond donors (Lipinski definition) is 0. The summed E-state index contributed by atoms with van der Waals surface area (Å²) in [7, 11) is 0. The quantitative estimate of drug-likeness (QED) is 0.620. The van der Waals surface area contributed by atoms with E-state index in [0.29, 0.717) is 5.25 Å². The molecule has 2 heteroatoms. The molecule has 1 aromatic carbocycles. The van der Waals surface area contributed by atoms with Gasteiger partial charge in [-0.15, -0.1) is 11.8 Å². The minimum Gasteiger partial charge on any atom is -0.206 e. The van der Waals surface area contributed by atoms with E-state index >= 15 is 0 Å². The molecule has 70 valence electrons. The number of fused-ring (bicyclic) bond motifs is 3. The zero-order chi connectivity index (χ0) is 9.54. The van der Waals surface area contributed by atoms with Gasteiger partial charge in [0.25, 0.3) is 0 Å². The Hall–Kier alpha value is -1.02. The minimum absolute atomic E-state index is 0.103. The molecule has 1 aliphatic carbocycles. The highest BCUT2D eigenvalue weighted by Gasteiger charge is 2.28. The maximum atomic E-state index is 13.0. The van der Waals surface area contributed by atoms with Crippen LogP contribution in [0.1, 0.15) is 16.4 Å². The molecule has 0 amide bonds. The van der Waals surface area contributed by atoms with Gasteiger partial charge in [-0.05, 0) is 29.2 Å². The molecular formula is C12H9FS. The lowest BCUT2D eigenvalue weighted by molar-refractivity contribution is 0.665. The molecule has 0 saturated heterocycles. The summed E-state index contributed by atoms with van der Waals surface area (Å²) in [6.07, 6.45) is 2.59. The molecule has 0 saturated carbocycles. The van der Waals surface area contributed by atoms with Gasteiger partial charge in [-0.3, -0.25) is 0 Å². The molecule has 0 nitrogen and oxygen atoms in total. The van der Waals surface area contributed by atoms with E-state index in [9.17, 15) is 4.39 Å². The van der Waals surface area contributed by atoms with Crippen molar-refractivity contribution in [1.29, 1.82) is 0 Å². The second kappa shape index (κ2) is 2.99. The van der Waals surface area contributed by atoms with E-state index in [2.05, 4.69) is 18.2 Å². The van der Waals surface area contributed by atoms with Crippen LogP contribution in [0.3, 0.4) is 0 Å². The van der Waals surface area contributed by atoms with Gasteiger partial charge < -0.3 is 0 Å². The van der Waals surface area contributed by atoms with Crippen molar-refractivity contribution in [3.8, 4) is 0 Å². The molecular weight excluding hydrogens is 195 g/mol. The molecule has 0 radical (unpaired) electrons. The van der Waals surface area contributed by atoms with Gasteiger partial charge in [0, 0.05) is 5.41 Å². The maximum Gasteiger partial charge on any atom is 0.129 e.